The van der Waals surface area contributed by atoms with Crippen molar-refractivity contribution in [2.75, 3.05) is 13.1 Å². The fourth-order valence-electron chi connectivity index (χ4n) is 4.34. The van der Waals surface area contributed by atoms with E-state index >= 15 is 0 Å². The van der Waals surface area contributed by atoms with Gasteiger partial charge in [-0.2, -0.15) is 21.6 Å². The van der Waals surface area contributed by atoms with Gasteiger partial charge in [0.1, 0.15) is 17.1 Å². The molecule has 0 bridgehead atoms. The molecule has 1 unspecified atom stereocenters. The van der Waals surface area contributed by atoms with Crippen molar-refractivity contribution in [1.29, 1.82) is 0 Å². The maximum Gasteiger partial charge on any atom is 0.534 e. The number of carbonyl (C=O) groups is 2. The first-order valence-electron chi connectivity index (χ1n) is 9.43. The summed E-state index contributed by atoms with van der Waals surface area (Å²) in [6.45, 7) is 5.78. The summed E-state index contributed by atoms with van der Waals surface area (Å²) >= 11 is 0. The number of piperidine rings is 1. The highest BCUT2D eigenvalue weighted by atomic mass is 32.2. The molecular formula is C19H22F3NO7S. The van der Waals surface area contributed by atoms with Crippen molar-refractivity contribution in [2.45, 2.75) is 44.7 Å². The van der Waals surface area contributed by atoms with E-state index in [0.717, 1.165) is 12.1 Å². The number of ether oxygens (including phenoxy) is 1. The van der Waals surface area contributed by atoms with Gasteiger partial charge >= 0.3 is 21.7 Å². The largest absolute Gasteiger partial charge is 0.534 e. The van der Waals surface area contributed by atoms with Crippen LogP contribution in [0.2, 0.25) is 0 Å². The zero-order chi connectivity index (χ0) is 23.4. The molecule has 0 aliphatic carbocycles. The fourth-order valence-corrected chi connectivity index (χ4v) is 4.79. The zero-order valence-electron chi connectivity index (χ0n) is 17.0. The molecular weight excluding hydrogens is 443 g/mol. The smallest absolute Gasteiger partial charge is 0.485 e. The number of benzene rings is 1. The van der Waals surface area contributed by atoms with Crippen molar-refractivity contribution in [3.8, 4) is 11.5 Å². The first kappa shape index (κ1) is 23.2. The minimum atomic E-state index is -5.89. The maximum atomic E-state index is 13.4. The van der Waals surface area contributed by atoms with Gasteiger partial charge in [-0.05, 0) is 17.5 Å². The van der Waals surface area contributed by atoms with Crippen molar-refractivity contribution in [1.82, 2.24) is 4.90 Å². The zero-order valence-corrected chi connectivity index (χ0v) is 17.8. The predicted octanol–water partition coefficient (Wildman–Crippen LogP) is 3.67. The molecule has 1 spiro atoms. The first-order chi connectivity index (χ1) is 14.1. The lowest BCUT2D eigenvalue weighted by atomic mass is 9.62. The Kier molecular flexibility index (Phi) is 5.44. The molecule has 1 amide bonds. The molecule has 2 aliphatic heterocycles. The number of carbonyl (C=O) groups excluding carboxylic acids is 1. The Hall–Kier alpha value is -2.50. The van der Waals surface area contributed by atoms with Crippen LogP contribution in [-0.4, -0.2) is 54.5 Å². The molecule has 1 N–H and O–H groups in total. The van der Waals surface area contributed by atoms with Gasteiger partial charge in [0.15, 0.2) is 5.78 Å². The molecule has 31 heavy (non-hydrogen) atoms. The Bertz CT molecular complexity index is 1010. The van der Waals surface area contributed by atoms with E-state index in [1.807, 2.05) is 20.8 Å². The van der Waals surface area contributed by atoms with Crippen LogP contribution in [0, 0.1) is 11.3 Å². The first-order valence-corrected chi connectivity index (χ1v) is 10.8. The summed E-state index contributed by atoms with van der Waals surface area (Å²) in [5, 5.41) is 9.22. The van der Waals surface area contributed by atoms with Crippen LogP contribution >= 0.6 is 0 Å². The van der Waals surface area contributed by atoms with Gasteiger partial charge in [0.25, 0.3) is 0 Å². The molecule has 2 heterocycles. The quantitative estimate of drug-likeness (QED) is 0.524. The molecule has 0 radical (unpaired) electrons. The summed E-state index contributed by atoms with van der Waals surface area (Å²) in [7, 11) is -5.89. The number of hydrogen-bond donors (Lipinski definition) is 1. The minimum Gasteiger partial charge on any atom is -0.485 e. The van der Waals surface area contributed by atoms with Crippen LogP contribution in [0.15, 0.2) is 18.2 Å². The SMILES string of the molecule is CC(C)(C)C1C(=O)c2ccc(OS(=O)(=O)C(F)(F)F)cc2OC12CCN(C(=O)O)CC2. The number of alkyl halides is 3. The highest BCUT2D eigenvalue weighted by molar-refractivity contribution is 7.88. The average Bonchev–Trinajstić information content (AvgIpc) is 2.59. The number of hydrogen-bond acceptors (Lipinski definition) is 6. The van der Waals surface area contributed by atoms with E-state index in [-0.39, 0.29) is 43.0 Å². The topological polar surface area (TPSA) is 110 Å². The number of ketones is 1. The van der Waals surface area contributed by atoms with Gasteiger partial charge < -0.3 is 18.9 Å². The molecule has 0 saturated carbocycles. The van der Waals surface area contributed by atoms with Gasteiger partial charge in [-0.3, -0.25) is 4.79 Å². The number of rotatable bonds is 2. The van der Waals surface area contributed by atoms with Crippen LogP contribution < -0.4 is 8.92 Å². The number of Topliss-reactive ketones (excluding diaryl/α,β-unsaturated/α-hetero) is 1. The van der Waals surface area contributed by atoms with E-state index < -0.39 is 44.4 Å². The van der Waals surface area contributed by atoms with Crippen LogP contribution in [0.1, 0.15) is 44.0 Å². The van der Waals surface area contributed by atoms with E-state index in [9.17, 15) is 36.3 Å². The van der Waals surface area contributed by atoms with Crippen LogP contribution in [0.3, 0.4) is 0 Å². The van der Waals surface area contributed by atoms with E-state index in [1.54, 1.807) is 0 Å². The van der Waals surface area contributed by atoms with Crippen molar-refractivity contribution in [2.24, 2.45) is 11.3 Å². The fraction of sp³-hybridized carbons (Fsp3) is 0.579. The van der Waals surface area contributed by atoms with Gasteiger partial charge in [-0.25, -0.2) is 4.79 Å². The molecule has 0 aromatic heterocycles. The second-order valence-electron chi connectivity index (χ2n) is 8.74. The summed E-state index contributed by atoms with van der Waals surface area (Å²) in [6.07, 6.45) is -0.714. The average molecular weight is 465 g/mol. The monoisotopic (exact) mass is 465 g/mol. The Morgan fingerprint density at radius 1 is 1.23 bits per heavy atom. The lowest BCUT2D eigenvalue weighted by Crippen LogP contribution is -2.60. The Balaban J connectivity index is 2.01. The Morgan fingerprint density at radius 3 is 2.29 bits per heavy atom. The van der Waals surface area contributed by atoms with Crippen molar-refractivity contribution >= 4 is 22.0 Å². The van der Waals surface area contributed by atoms with Gasteiger partial charge in [-0.15, -0.1) is 0 Å². The number of nitrogens with zero attached hydrogens (tertiary/aromatic N) is 1. The summed E-state index contributed by atoms with van der Waals surface area (Å²) < 4.78 is 70.8. The Morgan fingerprint density at radius 2 is 1.81 bits per heavy atom. The normalized spacial score (nSPS) is 21.4. The Labute approximate surface area is 177 Å². The third-order valence-corrected chi connectivity index (χ3v) is 6.53. The second kappa shape index (κ2) is 7.28. The van der Waals surface area contributed by atoms with E-state index in [2.05, 4.69) is 4.18 Å². The molecule has 1 aromatic rings. The summed E-state index contributed by atoms with van der Waals surface area (Å²) in [4.78, 5) is 25.8. The standard InChI is InChI=1S/C19H22F3NO7S/c1-17(2,3)15-14(24)12-5-4-11(30-31(27,28)19(20,21)22)10-13(12)29-18(15)6-8-23(9-7-18)16(25)26/h4-5,10,15H,6-9H2,1-3H3,(H,25,26). The van der Waals surface area contributed by atoms with Crippen LogP contribution in [0.4, 0.5) is 18.0 Å². The van der Waals surface area contributed by atoms with Crippen LogP contribution in [0.5, 0.6) is 11.5 Å². The van der Waals surface area contributed by atoms with E-state index in [1.165, 1.54) is 11.0 Å². The number of carboxylic acid groups (broad SMARTS) is 1. The van der Waals surface area contributed by atoms with Gasteiger partial charge in [0.05, 0.1) is 11.5 Å². The highest BCUT2D eigenvalue weighted by Gasteiger charge is 2.56. The minimum absolute atomic E-state index is 0.0934. The molecule has 1 fully saturated rings. The third kappa shape index (κ3) is 4.17. The molecule has 1 saturated heterocycles. The molecule has 12 heteroatoms. The number of fused-ring (bicyclic) bond motifs is 1. The van der Waals surface area contributed by atoms with Crippen LogP contribution in [0.25, 0.3) is 0 Å². The molecule has 3 rings (SSSR count). The molecule has 2 aliphatic rings. The molecule has 1 aromatic carbocycles. The van der Waals surface area contributed by atoms with E-state index in [4.69, 9.17) is 4.74 Å². The molecule has 8 nitrogen and oxygen atoms in total. The number of likely N-dealkylation sites (tertiary alicyclic amines) is 1. The summed E-state index contributed by atoms with van der Waals surface area (Å²) in [5.74, 6) is -1.68. The number of amides is 1. The summed E-state index contributed by atoms with van der Waals surface area (Å²) in [6, 6.07) is 3.09. The van der Waals surface area contributed by atoms with E-state index in [0.29, 0.717) is 0 Å². The van der Waals surface area contributed by atoms with Crippen molar-refractivity contribution in [3.05, 3.63) is 23.8 Å². The second-order valence-corrected chi connectivity index (χ2v) is 10.3. The van der Waals surface area contributed by atoms with Crippen LogP contribution in [-0.2, 0) is 10.1 Å². The van der Waals surface area contributed by atoms with Crippen molar-refractivity contribution in [3.63, 3.8) is 0 Å². The maximum absolute atomic E-state index is 13.4. The highest BCUT2D eigenvalue weighted by Crippen LogP contribution is 2.50. The van der Waals surface area contributed by atoms with Gasteiger partial charge in [0, 0.05) is 32.0 Å². The molecule has 172 valence electrons. The molecule has 1 atom stereocenters. The predicted molar refractivity (Wildman–Crippen MR) is 102 cm³/mol. The summed E-state index contributed by atoms with van der Waals surface area (Å²) in [5.41, 5.74) is -7.16. The number of halogens is 3. The lowest BCUT2D eigenvalue weighted by Gasteiger charge is -2.51. The third-order valence-electron chi connectivity index (χ3n) is 5.56. The van der Waals surface area contributed by atoms with Crippen molar-refractivity contribution < 1.29 is 45.2 Å². The van der Waals surface area contributed by atoms with Gasteiger partial charge in [0.2, 0.25) is 0 Å². The van der Waals surface area contributed by atoms with Gasteiger partial charge in [-0.1, -0.05) is 20.8 Å². The lowest BCUT2D eigenvalue weighted by molar-refractivity contribution is -0.0697.